The Bertz CT molecular complexity index is 489. The van der Waals surface area contributed by atoms with E-state index in [4.69, 9.17) is 5.73 Å². The monoisotopic (exact) mass is 316 g/mol. The lowest BCUT2D eigenvalue weighted by Crippen LogP contribution is -2.41. The lowest BCUT2D eigenvalue weighted by atomic mass is 9.96. The van der Waals surface area contributed by atoms with Crippen LogP contribution in [0.1, 0.15) is 50.2 Å². The highest BCUT2D eigenvalue weighted by Gasteiger charge is 2.30. The van der Waals surface area contributed by atoms with Crippen molar-refractivity contribution in [2.45, 2.75) is 51.2 Å². The molecule has 0 saturated heterocycles. The minimum absolute atomic E-state index is 0.0787. The molecule has 0 spiro atoms. The Kier molecular flexibility index (Phi) is 6.87. The van der Waals surface area contributed by atoms with Gasteiger partial charge in [-0.3, -0.25) is 4.79 Å². The first kappa shape index (κ1) is 18.5. The number of carbonyl (C=O) groups excluding carboxylic acids is 1. The molecule has 0 bridgehead atoms. The van der Waals surface area contributed by atoms with E-state index in [1.54, 1.807) is 6.07 Å². The molecule has 2 unspecified atom stereocenters. The van der Waals surface area contributed by atoms with Gasteiger partial charge in [-0.2, -0.15) is 13.2 Å². The summed E-state index contributed by atoms with van der Waals surface area (Å²) in [5.74, 6) is -0.289. The van der Waals surface area contributed by atoms with Crippen LogP contribution in [-0.2, 0) is 11.0 Å². The van der Waals surface area contributed by atoms with Crippen LogP contribution in [0, 0.1) is 0 Å². The van der Waals surface area contributed by atoms with Crippen LogP contribution in [-0.4, -0.2) is 18.5 Å². The normalized spacial score (nSPS) is 14.5. The first-order valence-electron chi connectivity index (χ1n) is 7.46. The van der Waals surface area contributed by atoms with Gasteiger partial charge in [0.1, 0.15) is 0 Å². The van der Waals surface area contributed by atoms with Crippen LogP contribution in [0.2, 0.25) is 0 Å². The number of rotatable bonds is 7. The summed E-state index contributed by atoms with van der Waals surface area (Å²) in [6, 6.07) is 4.78. The molecule has 0 radical (unpaired) electrons. The number of carbonyl (C=O) groups is 1. The van der Waals surface area contributed by atoms with Gasteiger partial charge in [0.25, 0.3) is 0 Å². The molecule has 1 aromatic carbocycles. The van der Waals surface area contributed by atoms with Gasteiger partial charge in [-0.1, -0.05) is 38.5 Å². The standard InChI is InChI=1S/C16H23F3N2O/c1-3-5-14(20)15(22)21-9-8-11(2)12-6-4-7-13(10-12)16(17,18)19/h4,6-7,10-11,14H,3,5,8-9,20H2,1-2H3,(H,21,22). The average Bonchev–Trinajstić information content (AvgIpc) is 2.46. The van der Waals surface area contributed by atoms with Crippen molar-refractivity contribution in [3.63, 3.8) is 0 Å². The zero-order valence-electron chi connectivity index (χ0n) is 12.9. The minimum atomic E-state index is -4.34. The van der Waals surface area contributed by atoms with E-state index in [0.717, 1.165) is 18.6 Å². The largest absolute Gasteiger partial charge is 0.416 e. The number of nitrogens with two attached hydrogens (primary N) is 1. The van der Waals surface area contributed by atoms with E-state index in [0.29, 0.717) is 24.9 Å². The van der Waals surface area contributed by atoms with E-state index in [1.165, 1.54) is 6.07 Å². The van der Waals surface area contributed by atoms with Crippen LogP contribution in [0.3, 0.4) is 0 Å². The number of benzene rings is 1. The van der Waals surface area contributed by atoms with Crippen molar-refractivity contribution in [2.75, 3.05) is 6.54 Å². The van der Waals surface area contributed by atoms with Crippen molar-refractivity contribution < 1.29 is 18.0 Å². The molecule has 0 aliphatic carbocycles. The molecule has 0 aliphatic heterocycles. The smallest absolute Gasteiger partial charge is 0.355 e. The van der Waals surface area contributed by atoms with Gasteiger partial charge in [0.2, 0.25) is 5.91 Å². The molecule has 3 N–H and O–H groups in total. The van der Waals surface area contributed by atoms with Gasteiger partial charge in [-0.05, 0) is 30.4 Å². The molecule has 3 nitrogen and oxygen atoms in total. The van der Waals surface area contributed by atoms with Crippen molar-refractivity contribution in [1.82, 2.24) is 5.32 Å². The number of amides is 1. The summed E-state index contributed by atoms with van der Waals surface area (Å²) >= 11 is 0. The summed E-state index contributed by atoms with van der Waals surface area (Å²) in [5, 5.41) is 2.73. The SMILES string of the molecule is CCCC(N)C(=O)NCCC(C)c1cccc(C(F)(F)F)c1. The molecule has 0 aliphatic rings. The van der Waals surface area contributed by atoms with Crippen molar-refractivity contribution in [2.24, 2.45) is 5.73 Å². The van der Waals surface area contributed by atoms with Crippen LogP contribution < -0.4 is 11.1 Å². The minimum Gasteiger partial charge on any atom is -0.355 e. The molecule has 0 heterocycles. The fraction of sp³-hybridized carbons (Fsp3) is 0.562. The van der Waals surface area contributed by atoms with Crippen LogP contribution >= 0.6 is 0 Å². The van der Waals surface area contributed by atoms with E-state index in [9.17, 15) is 18.0 Å². The molecule has 22 heavy (non-hydrogen) atoms. The molecule has 0 saturated carbocycles. The second kappa shape index (κ2) is 8.17. The molecule has 124 valence electrons. The Morgan fingerprint density at radius 1 is 1.32 bits per heavy atom. The predicted octanol–water partition coefficient (Wildman–Crippen LogP) is 3.44. The van der Waals surface area contributed by atoms with Gasteiger partial charge in [-0.25, -0.2) is 0 Å². The van der Waals surface area contributed by atoms with Crippen LogP contribution in [0.25, 0.3) is 0 Å². The molecule has 0 aromatic heterocycles. The van der Waals surface area contributed by atoms with Crippen molar-refractivity contribution >= 4 is 5.91 Å². The third-order valence-corrected chi connectivity index (χ3v) is 3.60. The second-order valence-corrected chi connectivity index (χ2v) is 5.50. The van der Waals surface area contributed by atoms with E-state index >= 15 is 0 Å². The summed E-state index contributed by atoms with van der Waals surface area (Å²) in [6.45, 7) is 4.18. The molecule has 1 aromatic rings. The third-order valence-electron chi connectivity index (χ3n) is 3.60. The van der Waals surface area contributed by atoms with Crippen LogP contribution in [0.5, 0.6) is 0 Å². The Labute approximate surface area is 129 Å². The number of hydrogen-bond donors (Lipinski definition) is 2. The first-order chi connectivity index (χ1) is 10.3. The fourth-order valence-electron chi connectivity index (χ4n) is 2.17. The Balaban J connectivity index is 2.52. The molecule has 0 fully saturated rings. The Morgan fingerprint density at radius 2 is 2.00 bits per heavy atom. The van der Waals surface area contributed by atoms with Gasteiger partial charge < -0.3 is 11.1 Å². The average molecular weight is 316 g/mol. The second-order valence-electron chi connectivity index (χ2n) is 5.50. The van der Waals surface area contributed by atoms with Gasteiger partial charge >= 0.3 is 6.18 Å². The Morgan fingerprint density at radius 3 is 2.59 bits per heavy atom. The van der Waals surface area contributed by atoms with E-state index in [2.05, 4.69) is 5.32 Å². The maximum Gasteiger partial charge on any atom is 0.416 e. The van der Waals surface area contributed by atoms with Crippen molar-refractivity contribution in [3.8, 4) is 0 Å². The van der Waals surface area contributed by atoms with Gasteiger partial charge in [0.05, 0.1) is 11.6 Å². The highest BCUT2D eigenvalue weighted by molar-refractivity contribution is 5.81. The summed E-state index contributed by atoms with van der Waals surface area (Å²) < 4.78 is 38.0. The topological polar surface area (TPSA) is 55.1 Å². The summed E-state index contributed by atoms with van der Waals surface area (Å²) in [5.41, 5.74) is 5.65. The van der Waals surface area contributed by atoms with Gasteiger partial charge in [0.15, 0.2) is 0 Å². The molecule has 6 heteroatoms. The van der Waals surface area contributed by atoms with Crippen molar-refractivity contribution in [3.05, 3.63) is 35.4 Å². The lowest BCUT2D eigenvalue weighted by molar-refractivity contribution is -0.137. The third kappa shape index (κ3) is 5.67. The molecule has 2 atom stereocenters. The fourth-order valence-corrected chi connectivity index (χ4v) is 2.17. The maximum atomic E-state index is 12.7. The van der Waals surface area contributed by atoms with E-state index < -0.39 is 17.8 Å². The van der Waals surface area contributed by atoms with Crippen LogP contribution in [0.4, 0.5) is 13.2 Å². The predicted molar refractivity (Wildman–Crippen MR) is 80.4 cm³/mol. The summed E-state index contributed by atoms with van der Waals surface area (Å²) in [7, 11) is 0. The first-order valence-corrected chi connectivity index (χ1v) is 7.46. The van der Waals surface area contributed by atoms with Crippen molar-refractivity contribution in [1.29, 1.82) is 0 Å². The van der Waals surface area contributed by atoms with E-state index in [-0.39, 0.29) is 11.8 Å². The molecular formula is C16H23F3N2O. The number of alkyl halides is 3. The number of halogens is 3. The quantitative estimate of drug-likeness (QED) is 0.809. The highest BCUT2D eigenvalue weighted by atomic mass is 19.4. The number of hydrogen-bond acceptors (Lipinski definition) is 2. The highest BCUT2D eigenvalue weighted by Crippen LogP contribution is 2.31. The number of nitrogens with one attached hydrogen (secondary N) is 1. The van der Waals surface area contributed by atoms with Gasteiger partial charge in [-0.15, -0.1) is 0 Å². The van der Waals surface area contributed by atoms with Crippen LogP contribution in [0.15, 0.2) is 24.3 Å². The lowest BCUT2D eigenvalue weighted by Gasteiger charge is -2.16. The summed E-state index contributed by atoms with van der Waals surface area (Å²) in [6.07, 6.45) is -2.33. The zero-order chi connectivity index (χ0) is 16.8. The molecular weight excluding hydrogens is 293 g/mol. The molecule has 1 amide bonds. The molecule has 1 rings (SSSR count). The maximum absolute atomic E-state index is 12.7. The summed E-state index contributed by atoms with van der Waals surface area (Å²) in [4.78, 5) is 11.7. The van der Waals surface area contributed by atoms with E-state index in [1.807, 2.05) is 13.8 Å². The zero-order valence-corrected chi connectivity index (χ0v) is 12.9. The van der Waals surface area contributed by atoms with Gasteiger partial charge in [0, 0.05) is 6.54 Å². The Hall–Kier alpha value is -1.56.